The number of sulfone groups is 1. The topological polar surface area (TPSA) is 66.4 Å². The van der Waals surface area contributed by atoms with Gasteiger partial charge in [-0.05, 0) is 13.0 Å². The van der Waals surface area contributed by atoms with Crippen molar-refractivity contribution in [3.8, 4) is 5.75 Å². The van der Waals surface area contributed by atoms with E-state index in [2.05, 4.69) is 5.32 Å². The van der Waals surface area contributed by atoms with Crippen LogP contribution in [-0.2, 0) is 9.84 Å². The van der Waals surface area contributed by atoms with Crippen LogP contribution in [-0.4, -0.2) is 31.6 Å². The molecular weight excluding hydrogens is 257 g/mol. The van der Waals surface area contributed by atoms with Gasteiger partial charge in [0.15, 0.2) is 9.84 Å². The summed E-state index contributed by atoms with van der Waals surface area (Å²) in [4.78, 5) is 0. The first-order valence-corrected chi connectivity index (χ1v) is 7.60. The first-order valence-electron chi connectivity index (χ1n) is 5.78. The Morgan fingerprint density at radius 2 is 2.11 bits per heavy atom. The molecule has 0 spiro atoms. The highest BCUT2D eigenvalue weighted by atomic mass is 32.2. The predicted octanol–water partition coefficient (Wildman–Crippen LogP) is 1.62. The van der Waals surface area contributed by atoms with Gasteiger partial charge in [0.1, 0.15) is 11.6 Å². The fourth-order valence-corrected chi connectivity index (χ4v) is 2.27. The standard InChI is InChI=1S/C12H18FNO3S/c1-3-18(16,17)7-6-14-9(2)11-5-4-10(15)8-12(11)13/h4-5,8-9,14-15H,3,6-7H2,1-2H3. The lowest BCUT2D eigenvalue weighted by atomic mass is 10.1. The molecule has 0 saturated carbocycles. The molecule has 1 aromatic rings. The summed E-state index contributed by atoms with van der Waals surface area (Å²) in [5, 5.41) is 12.0. The van der Waals surface area contributed by atoms with Gasteiger partial charge in [0.25, 0.3) is 0 Å². The normalized spacial score (nSPS) is 13.5. The smallest absolute Gasteiger partial charge is 0.151 e. The van der Waals surface area contributed by atoms with E-state index in [1.165, 1.54) is 12.1 Å². The van der Waals surface area contributed by atoms with Crippen molar-refractivity contribution < 1.29 is 17.9 Å². The van der Waals surface area contributed by atoms with Crippen LogP contribution in [0.1, 0.15) is 25.5 Å². The molecule has 0 aliphatic heterocycles. The highest BCUT2D eigenvalue weighted by Crippen LogP contribution is 2.20. The lowest BCUT2D eigenvalue weighted by Gasteiger charge is -2.15. The first-order chi connectivity index (χ1) is 8.35. The van der Waals surface area contributed by atoms with Crippen LogP contribution in [0.2, 0.25) is 0 Å². The molecule has 1 rings (SSSR count). The zero-order valence-electron chi connectivity index (χ0n) is 10.5. The molecule has 0 amide bonds. The van der Waals surface area contributed by atoms with Crippen LogP contribution < -0.4 is 5.32 Å². The summed E-state index contributed by atoms with van der Waals surface area (Å²) in [5.74, 6) is -0.491. The summed E-state index contributed by atoms with van der Waals surface area (Å²) in [6, 6.07) is 3.62. The van der Waals surface area contributed by atoms with Gasteiger partial charge < -0.3 is 10.4 Å². The minimum absolute atomic E-state index is 0.0353. The number of phenols is 1. The third-order valence-electron chi connectivity index (χ3n) is 2.75. The number of halogens is 1. The van der Waals surface area contributed by atoms with E-state index in [4.69, 9.17) is 5.11 Å². The summed E-state index contributed by atoms with van der Waals surface area (Å²) < 4.78 is 36.1. The fourth-order valence-electron chi connectivity index (χ4n) is 1.55. The van der Waals surface area contributed by atoms with Crippen LogP contribution in [0.25, 0.3) is 0 Å². The molecule has 2 N–H and O–H groups in total. The monoisotopic (exact) mass is 275 g/mol. The van der Waals surface area contributed by atoms with E-state index >= 15 is 0 Å². The third kappa shape index (κ3) is 4.27. The average Bonchev–Trinajstić information content (AvgIpc) is 2.28. The Hall–Kier alpha value is -1.14. The number of nitrogens with one attached hydrogen (secondary N) is 1. The second kappa shape index (κ2) is 6.15. The maximum absolute atomic E-state index is 13.5. The summed E-state index contributed by atoms with van der Waals surface area (Å²) in [6.07, 6.45) is 0. The van der Waals surface area contributed by atoms with Gasteiger partial charge in [-0.1, -0.05) is 13.0 Å². The first kappa shape index (κ1) is 14.9. The average molecular weight is 275 g/mol. The predicted molar refractivity (Wildman–Crippen MR) is 68.8 cm³/mol. The van der Waals surface area contributed by atoms with Crippen LogP contribution in [0.4, 0.5) is 4.39 Å². The van der Waals surface area contributed by atoms with Crippen molar-refractivity contribution in [2.45, 2.75) is 19.9 Å². The van der Waals surface area contributed by atoms with E-state index in [0.717, 1.165) is 6.07 Å². The zero-order chi connectivity index (χ0) is 13.8. The van der Waals surface area contributed by atoms with E-state index < -0.39 is 15.7 Å². The summed E-state index contributed by atoms with van der Waals surface area (Å²) in [7, 11) is -3.01. The molecule has 4 nitrogen and oxygen atoms in total. The number of hydrogen-bond donors (Lipinski definition) is 2. The van der Waals surface area contributed by atoms with Crippen molar-refractivity contribution in [1.29, 1.82) is 0 Å². The molecule has 18 heavy (non-hydrogen) atoms. The molecule has 0 aliphatic rings. The SMILES string of the molecule is CCS(=O)(=O)CCNC(C)c1ccc(O)cc1F. The molecule has 102 valence electrons. The van der Waals surface area contributed by atoms with Gasteiger partial charge in [-0.25, -0.2) is 12.8 Å². The minimum Gasteiger partial charge on any atom is -0.508 e. The second-order valence-corrected chi connectivity index (χ2v) is 6.59. The Morgan fingerprint density at radius 1 is 1.44 bits per heavy atom. The van der Waals surface area contributed by atoms with E-state index in [-0.39, 0.29) is 29.8 Å². The van der Waals surface area contributed by atoms with Crippen molar-refractivity contribution in [1.82, 2.24) is 5.32 Å². The number of aromatic hydroxyl groups is 1. The molecule has 6 heteroatoms. The lowest BCUT2D eigenvalue weighted by molar-refractivity contribution is 0.464. The van der Waals surface area contributed by atoms with Gasteiger partial charge in [-0.2, -0.15) is 0 Å². The van der Waals surface area contributed by atoms with E-state index in [0.29, 0.717) is 5.56 Å². The highest BCUT2D eigenvalue weighted by Gasteiger charge is 2.12. The van der Waals surface area contributed by atoms with Crippen LogP contribution in [0, 0.1) is 5.82 Å². The van der Waals surface area contributed by atoms with Crippen molar-refractivity contribution >= 4 is 9.84 Å². The molecule has 0 aromatic heterocycles. The Morgan fingerprint density at radius 3 is 2.67 bits per heavy atom. The van der Waals surface area contributed by atoms with Gasteiger partial charge in [0.05, 0.1) is 5.75 Å². The van der Waals surface area contributed by atoms with Gasteiger partial charge in [-0.3, -0.25) is 0 Å². The molecule has 0 fully saturated rings. The van der Waals surface area contributed by atoms with Gasteiger partial charge in [0, 0.05) is 30.0 Å². The third-order valence-corrected chi connectivity index (χ3v) is 4.46. The molecule has 1 unspecified atom stereocenters. The number of hydrogen-bond acceptors (Lipinski definition) is 4. The largest absolute Gasteiger partial charge is 0.508 e. The van der Waals surface area contributed by atoms with Crippen molar-refractivity contribution in [3.63, 3.8) is 0 Å². The Kier molecular flexibility index (Phi) is 5.10. The Bertz CT molecular complexity index is 502. The lowest BCUT2D eigenvalue weighted by Crippen LogP contribution is -2.26. The van der Waals surface area contributed by atoms with Gasteiger partial charge in [0.2, 0.25) is 0 Å². The van der Waals surface area contributed by atoms with E-state index in [9.17, 15) is 12.8 Å². The molecule has 1 atom stereocenters. The summed E-state index contributed by atoms with van der Waals surface area (Å²) in [6.45, 7) is 3.62. The molecular formula is C12H18FNO3S. The molecule has 0 heterocycles. The fraction of sp³-hybridized carbons (Fsp3) is 0.500. The van der Waals surface area contributed by atoms with Crippen LogP contribution in [0.3, 0.4) is 0 Å². The zero-order valence-corrected chi connectivity index (χ0v) is 11.3. The summed E-state index contributed by atoms with van der Waals surface area (Å²) >= 11 is 0. The Balaban J connectivity index is 2.58. The minimum atomic E-state index is -3.01. The van der Waals surface area contributed by atoms with Crippen molar-refractivity contribution in [2.75, 3.05) is 18.1 Å². The Labute approximate surface area is 107 Å². The number of phenolic OH excluding ortho intramolecular Hbond substituents is 1. The second-order valence-electron chi connectivity index (χ2n) is 4.12. The van der Waals surface area contributed by atoms with Crippen molar-refractivity contribution in [3.05, 3.63) is 29.6 Å². The maximum Gasteiger partial charge on any atom is 0.151 e. The number of benzene rings is 1. The number of rotatable bonds is 6. The van der Waals surface area contributed by atoms with Gasteiger partial charge in [-0.15, -0.1) is 0 Å². The molecule has 0 bridgehead atoms. The molecule has 0 radical (unpaired) electrons. The highest BCUT2D eigenvalue weighted by molar-refractivity contribution is 7.91. The van der Waals surface area contributed by atoms with Crippen molar-refractivity contribution in [2.24, 2.45) is 0 Å². The van der Waals surface area contributed by atoms with Crippen LogP contribution >= 0.6 is 0 Å². The molecule has 0 aliphatic carbocycles. The summed E-state index contributed by atoms with van der Waals surface area (Å²) in [5.41, 5.74) is 0.404. The maximum atomic E-state index is 13.5. The quantitative estimate of drug-likeness (QED) is 0.828. The van der Waals surface area contributed by atoms with E-state index in [1.807, 2.05) is 0 Å². The van der Waals surface area contributed by atoms with E-state index in [1.54, 1.807) is 13.8 Å². The van der Waals surface area contributed by atoms with Crippen LogP contribution in [0.15, 0.2) is 18.2 Å². The molecule has 0 saturated heterocycles. The molecule has 1 aromatic carbocycles. The van der Waals surface area contributed by atoms with Crippen LogP contribution in [0.5, 0.6) is 5.75 Å². The van der Waals surface area contributed by atoms with Gasteiger partial charge >= 0.3 is 0 Å².